The maximum Gasteiger partial charge on any atom is 0.319 e. The Balaban J connectivity index is 2.01. The highest BCUT2D eigenvalue weighted by molar-refractivity contribution is 7.15. The van der Waals surface area contributed by atoms with Gasteiger partial charge in [0.2, 0.25) is 0 Å². The standard InChI is InChI=1S/C12H17ClN2O2S/c1-17-11(16)8-15(9-4-2-3-5-9)7-10-6-14-12(13)18-10/h6,9H,2-5,7-8H2,1H3. The number of hydrogen-bond acceptors (Lipinski definition) is 5. The highest BCUT2D eigenvalue weighted by Gasteiger charge is 2.25. The molecule has 0 amide bonds. The lowest BCUT2D eigenvalue weighted by Crippen LogP contribution is -2.37. The van der Waals surface area contributed by atoms with E-state index in [0.29, 0.717) is 17.1 Å². The first-order valence-electron chi connectivity index (χ1n) is 6.10. The topological polar surface area (TPSA) is 42.4 Å². The maximum absolute atomic E-state index is 11.5. The van der Waals surface area contributed by atoms with Gasteiger partial charge in [-0.05, 0) is 12.8 Å². The molecule has 0 atom stereocenters. The predicted octanol–water partition coefficient (Wildman–Crippen LogP) is 2.71. The highest BCUT2D eigenvalue weighted by Crippen LogP contribution is 2.27. The van der Waals surface area contributed by atoms with Crippen molar-refractivity contribution in [3.05, 3.63) is 15.5 Å². The Morgan fingerprint density at radius 3 is 2.89 bits per heavy atom. The zero-order chi connectivity index (χ0) is 13.0. The van der Waals surface area contributed by atoms with E-state index < -0.39 is 0 Å². The van der Waals surface area contributed by atoms with Gasteiger partial charge in [0.25, 0.3) is 0 Å². The molecule has 1 aromatic rings. The molecule has 0 unspecified atom stereocenters. The van der Waals surface area contributed by atoms with Crippen molar-refractivity contribution in [1.29, 1.82) is 0 Å². The first kappa shape index (κ1) is 13.8. The van der Waals surface area contributed by atoms with E-state index in [9.17, 15) is 4.79 Å². The number of esters is 1. The summed E-state index contributed by atoms with van der Waals surface area (Å²) >= 11 is 7.30. The summed E-state index contributed by atoms with van der Waals surface area (Å²) in [4.78, 5) is 18.8. The molecule has 0 aromatic carbocycles. The van der Waals surface area contributed by atoms with Crippen molar-refractivity contribution < 1.29 is 9.53 Å². The molecule has 6 heteroatoms. The van der Waals surface area contributed by atoms with Gasteiger partial charge in [-0.2, -0.15) is 0 Å². The van der Waals surface area contributed by atoms with E-state index in [1.54, 1.807) is 6.20 Å². The van der Waals surface area contributed by atoms with Crippen LogP contribution < -0.4 is 0 Å². The number of hydrogen-bond donors (Lipinski definition) is 0. The van der Waals surface area contributed by atoms with Crippen molar-refractivity contribution in [1.82, 2.24) is 9.88 Å². The molecule has 2 rings (SSSR count). The fourth-order valence-corrected chi connectivity index (χ4v) is 3.37. The van der Waals surface area contributed by atoms with E-state index in [1.165, 1.54) is 31.3 Å². The van der Waals surface area contributed by atoms with Gasteiger partial charge in [0, 0.05) is 23.7 Å². The molecule has 1 aliphatic rings. The van der Waals surface area contributed by atoms with Crippen molar-refractivity contribution in [2.24, 2.45) is 0 Å². The third-order valence-electron chi connectivity index (χ3n) is 3.29. The summed E-state index contributed by atoms with van der Waals surface area (Å²) in [7, 11) is 1.43. The summed E-state index contributed by atoms with van der Waals surface area (Å²) in [5, 5.41) is 0. The molecule has 18 heavy (non-hydrogen) atoms. The molecule has 1 heterocycles. The number of rotatable bonds is 5. The molecule has 1 fully saturated rings. The fraction of sp³-hybridized carbons (Fsp3) is 0.667. The van der Waals surface area contributed by atoms with Gasteiger partial charge in [-0.1, -0.05) is 24.4 Å². The van der Waals surface area contributed by atoms with E-state index in [0.717, 1.165) is 24.3 Å². The summed E-state index contributed by atoms with van der Waals surface area (Å²) in [5.41, 5.74) is 0. The van der Waals surface area contributed by atoms with Crippen LogP contribution in [0.15, 0.2) is 6.20 Å². The molecular formula is C12H17ClN2O2S. The molecule has 0 radical (unpaired) electrons. The molecule has 4 nitrogen and oxygen atoms in total. The Hall–Kier alpha value is -0.650. The molecule has 0 N–H and O–H groups in total. The number of nitrogens with zero attached hydrogens (tertiary/aromatic N) is 2. The molecule has 1 aliphatic carbocycles. The second-order valence-corrected chi connectivity index (χ2v) is 6.20. The number of thiazole rings is 1. The Morgan fingerprint density at radius 2 is 2.33 bits per heavy atom. The second kappa shape index (κ2) is 6.50. The van der Waals surface area contributed by atoms with Gasteiger partial charge in [0.1, 0.15) is 0 Å². The zero-order valence-corrected chi connectivity index (χ0v) is 12.0. The van der Waals surface area contributed by atoms with Crippen molar-refractivity contribution in [2.75, 3.05) is 13.7 Å². The predicted molar refractivity (Wildman–Crippen MR) is 71.8 cm³/mol. The van der Waals surface area contributed by atoms with Crippen LogP contribution in [0, 0.1) is 0 Å². The number of ether oxygens (including phenoxy) is 1. The molecule has 1 aromatic heterocycles. The summed E-state index contributed by atoms with van der Waals surface area (Å²) < 4.78 is 5.31. The number of carbonyl (C=O) groups excluding carboxylic acids is 1. The lowest BCUT2D eigenvalue weighted by Gasteiger charge is -2.26. The van der Waals surface area contributed by atoms with E-state index in [2.05, 4.69) is 9.88 Å². The van der Waals surface area contributed by atoms with E-state index in [1.807, 2.05) is 0 Å². The summed E-state index contributed by atoms with van der Waals surface area (Å²) in [6, 6.07) is 0.477. The van der Waals surface area contributed by atoms with Crippen LogP contribution in [0.25, 0.3) is 0 Å². The largest absolute Gasteiger partial charge is 0.468 e. The van der Waals surface area contributed by atoms with Crippen LogP contribution in [-0.4, -0.2) is 35.5 Å². The van der Waals surface area contributed by atoms with Crippen LogP contribution in [-0.2, 0) is 16.1 Å². The van der Waals surface area contributed by atoms with Gasteiger partial charge in [-0.3, -0.25) is 9.69 Å². The summed E-state index contributed by atoms with van der Waals surface area (Å²) in [6.07, 6.45) is 6.58. The summed E-state index contributed by atoms with van der Waals surface area (Å²) in [6.45, 7) is 1.07. The van der Waals surface area contributed by atoms with Crippen LogP contribution >= 0.6 is 22.9 Å². The van der Waals surface area contributed by atoms with Crippen molar-refractivity contribution in [2.45, 2.75) is 38.3 Å². The van der Waals surface area contributed by atoms with Crippen molar-refractivity contribution >= 4 is 28.9 Å². The number of halogens is 1. The molecule has 1 saturated carbocycles. The minimum Gasteiger partial charge on any atom is -0.468 e. The molecule has 0 bridgehead atoms. The van der Waals surface area contributed by atoms with E-state index >= 15 is 0 Å². The first-order chi connectivity index (χ1) is 8.69. The average Bonchev–Trinajstić information content (AvgIpc) is 2.99. The van der Waals surface area contributed by atoms with Gasteiger partial charge in [-0.25, -0.2) is 4.98 Å². The Labute approximate surface area is 116 Å². The fourth-order valence-electron chi connectivity index (χ4n) is 2.37. The SMILES string of the molecule is COC(=O)CN(Cc1cnc(Cl)s1)C1CCCC1. The van der Waals surface area contributed by atoms with Crippen LogP contribution in [0.3, 0.4) is 0 Å². The highest BCUT2D eigenvalue weighted by atomic mass is 35.5. The van der Waals surface area contributed by atoms with Crippen LogP contribution in [0.2, 0.25) is 4.47 Å². The lowest BCUT2D eigenvalue weighted by molar-refractivity contribution is -0.142. The van der Waals surface area contributed by atoms with Crippen molar-refractivity contribution in [3.63, 3.8) is 0 Å². The van der Waals surface area contributed by atoms with Crippen LogP contribution in [0.5, 0.6) is 0 Å². The quantitative estimate of drug-likeness (QED) is 0.781. The van der Waals surface area contributed by atoms with E-state index in [4.69, 9.17) is 16.3 Å². The number of aromatic nitrogens is 1. The monoisotopic (exact) mass is 288 g/mol. The maximum atomic E-state index is 11.5. The van der Waals surface area contributed by atoms with Gasteiger partial charge in [0.05, 0.1) is 13.7 Å². The van der Waals surface area contributed by atoms with Crippen LogP contribution in [0.1, 0.15) is 30.6 Å². The Kier molecular flexibility index (Phi) is 4.97. The third-order valence-corrected chi connectivity index (χ3v) is 4.38. The number of methoxy groups -OCH3 is 1. The first-order valence-corrected chi connectivity index (χ1v) is 7.29. The third kappa shape index (κ3) is 3.67. The minimum atomic E-state index is -0.183. The lowest BCUT2D eigenvalue weighted by atomic mass is 10.2. The van der Waals surface area contributed by atoms with Gasteiger partial charge < -0.3 is 4.74 Å². The Morgan fingerprint density at radius 1 is 1.61 bits per heavy atom. The normalized spacial score (nSPS) is 16.4. The minimum absolute atomic E-state index is 0.183. The molecule has 0 aliphatic heterocycles. The number of carbonyl (C=O) groups is 1. The molecular weight excluding hydrogens is 272 g/mol. The zero-order valence-electron chi connectivity index (χ0n) is 10.4. The van der Waals surface area contributed by atoms with Gasteiger partial charge in [-0.15, -0.1) is 11.3 Å². The van der Waals surface area contributed by atoms with Crippen molar-refractivity contribution in [3.8, 4) is 0 Å². The average molecular weight is 289 g/mol. The molecule has 0 spiro atoms. The Bertz CT molecular complexity index is 405. The van der Waals surface area contributed by atoms with Crippen LogP contribution in [0.4, 0.5) is 0 Å². The molecule has 0 saturated heterocycles. The summed E-state index contributed by atoms with van der Waals surface area (Å²) in [5.74, 6) is -0.183. The van der Waals surface area contributed by atoms with Gasteiger partial charge in [0.15, 0.2) is 4.47 Å². The molecule has 100 valence electrons. The smallest absolute Gasteiger partial charge is 0.319 e. The second-order valence-electron chi connectivity index (χ2n) is 4.50. The van der Waals surface area contributed by atoms with Gasteiger partial charge >= 0.3 is 5.97 Å². The van der Waals surface area contributed by atoms with E-state index in [-0.39, 0.29) is 5.97 Å².